The van der Waals surface area contributed by atoms with Crippen molar-refractivity contribution in [1.29, 1.82) is 0 Å². The molecule has 1 amide bonds. The number of nitrogens with zero attached hydrogens (tertiary/aromatic N) is 1. The summed E-state index contributed by atoms with van der Waals surface area (Å²) in [6.45, 7) is 5.42. The molecule has 1 atom stereocenters. The summed E-state index contributed by atoms with van der Waals surface area (Å²) in [6, 6.07) is 11.5. The van der Waals surface area contributed by atoms with Crippen LogP contribution in [0.3, 0.4) is 0 Å². The molecule has 0 unspecified atom stereocenters. The van der Waals surface area contributed by atoms with Crippen LogP contribution < -0.4 is 10.1 Å². The highest BCUT2D eigenvalue weighted by Crippen LogP contribution is 2.24. The minimum Gasteiger partial charge on any atom is -0.497 e. The summed E-state index contributed by atoms with van der Waals surface area (Å²) in [5.41, 5.74) is 1.14. The Morgan fingerprint density at radius 2 is 1.92 bits per heavy atom. The Bertz CT molecular complexity index is 690. The van der Waals surface area contributed by atoms with Crippen molar-refractivity contribution in [1.82, 2.24) is 10.2 Å². The summed E-state index contributed by atoms with van der Waals surface area (Å²) in [5.74, 6) is 1.69. The van der Waals surface area contributed by atoms with Gasteiger partial charge in [0.25, 0.3) is 5.91 Å². The fourth-order valence-electron chi connectivity index (χ4n) is 3.01. The lowest BCUT2D eigenvalue weighted by Gasteiger charge is -2.34. The van der Waals surface area contributed by atoms with Crippen molar-refractivity contribution in [2.75, 3.05) is 40.0 Å². The number of hydrogen-bond acceptors (Lipinski definition) is 5. The second-order valence-corrected chi connectivity index (χ2v) is 6.06. The molecule has 2 aromatic rings. The largest absolute Gasteiger partial charge is 0.497 e. The number of amides is 1. The molecule has 25 heavy (non-hydrogen) atoms. The van der Waals surface area contributed by atoms with Crippen LogP contribution in [0.1, 0.15) is 27.9 Å². The number of morpholine rings is 1. The third-order valence-electron chi connectivity index (χ3n) is 4.41. The summed E-state index contributed by atoms with van der Waals surface area (Å²) >= 11 is 0. The van der Waals surface area contributed by atoms with Gasteiger partial charge in [0.05, 0.1) is 26.4 Å². The smallest absolute Gasteiger partial charge is 0.287 e. The lowest BCUT2D eigenvalue weighted by Crippen LogP contribution is -2.43. The van der Waals surface area contributed by atoms with Gasteiger partial charge < -0.3 is 19.2 Å². The van der Waals surface area contributed by atoms with Gasteiger partial charge in [-0.15, -0.1) is 0 Å². The molecule has 0 saturated carbocycles. The average molecular weight is 344 g/mol. The summed E-state index contributed by atoms with van der Waals surface area (Å²) < 4.78 is 16.1. The molecule has 1 aliphatic heterocycles. The van der Waals surface area contributed by atoms with Crippen LogP contribution in [0.2, 0.25) is 0 Å². The van der Waals surface area contributed by atoms with E-state index in [0.29, 0.717) is 25.5 Å². The molecule has 0 bridgehead atoms. The number of hydrogen-bond donors (Lipinski definition) is 1. The third-order valence-corrected chi connectivity index (χ3v) is 4.41. The van der Waals surface area contributed by atoms with Crippen LogP contribution in [0.25, 0.3) is 0 Å². The van der Waals surface area contributed by atoms with Crippen LogP contribution in [0.15, 0.2) is 40.8 Å². The second-order valence-electron chi connectivity index (χ2n) is 6.06. The topological polar surface area (TPSA) is 63.9 Å². The van der Waals surface area contributed by atoms with Gasteiger partial charge in [-0.25, -0.2) is 0 Å². The van der Waals surface area contributed by atoms with Crippen molar-refractivity contribution in [2.45, 2.75) is 13.0 Å². The lowest BCUT2D eigenvalue weighted by atomic mass is 10.0. The molecular weight excluding hydrogens is 320 g/mol. The Morgan fingerprint density at radius 3 is 2.52 bits per heavy atom. The maximum absolute atomic E-state index is 12.3. The molecule has 6 nitrogen and oxygen atoms in total. The maximum Gasteiger partial charge on any atom is 0.287 e. The predicted octanol–water partition coefficient (Wildman–Crippen LogP) is 2.40. The Labute approximate surface area is 147 Å². The van der Waals surface area contributed by atoms with Crippen LogP contribution >= 0.6 is 0 Å². The van der Waals surface area contributed by atoms with Gasteiger partial charge in [-0.1, -0.05) is 12.1 Å². The summed E-state index contributed by atoms with van der Waals surface area (Å²) in [5, 5.41) is 2.99. The van der Waals surface area contributed by atoms with E-state index in [9.17, 15) is 4.79 Å². The molecule has 0 aliphatic carbocycles. The quantitative estimate of drug-likeness (QED) is 0.872. The zero-order valence-electron chi connectivity index (χ0n) is 14.7. The zero-order chi connectivity index (χ0) is 17.6. The number of carbonyl (C=O) groups is 1. The van der Waals surface area contributed by atoms with Crippen LogP contribution in [-0.2, 0) is 4.74 Å². The molecule has 2 heterocycles. The van der Waals surface area contributed by atoms with Crippen molar-refractivity contribution in [3.63, 3.8) is 0 Å². The van der Waals surface area contributed by atoms with E-state index in [1.807, 2.05) is 31.2 Å². The van der Waals surface area contributed by atoms with Gasteiger partial charge in [0.15, 0.2) is 5.76 Å². The normalized spacial score (nSPS) is 16.4. The van der Waals surface area contributed by atoms with Gasteiger partial charge in [0, 0.05) is 19.6 Å². The number of rotatable bonds is 6. The number of carbonyl (C=O) groups excluding carboxylic acids is 1. The van der Waals surface area contributed by atoms with E-state index >= 15 is 0 Å². The van der Waals surface area contributed by atoms with Crippen molar-refractivity contribution in [3.05, 3.63) is 53.5 Å². The summed E-state index contributed by atoms with van der Waals surface area (Å²) in [4.78, 5) is 14.6. The predicted molar refractivity (Wildman–Crippen MR) is 93.9 cm³/mol. The van der Waals surface area contributed by atoms with Gasteiger partial charge in [-0.2, -0.15) is 0 Å². The number of benzene rings is 1. The van der Waals surface area contributed by atoms with Crippen LogP contribution in [0, 0.1) is 6.92 Å². The summed E-state index contributed by atoms with van der Waals surface area (Å²) in [6.07, 6.45) is 0. The second kappa shape index (κ2) is 8.18. The molecule has 1 aliphatic rings. The van der Waals surface area contributed by atoms with Crippen LogP contribution in [0.4, 0.5) is 0 Å². The molecule has 134 valence electrons. The van der Waals surface area contributed by atoms with Gasteiger partial charge in [0.1, 0.15) is 11.5 Å². The van der Waals surface area contributed by atoms with Gasteiger partial charge in [-0.05, 0) is 36.8 Å². The Morgan fingerprint density at radius 1 is 1.20 bits per heavy atom. The number of nitrogens with one attached hydrogen (secondary N) is 1. The highest BCUT2D eigenvalue weighted by molar-refractivity contribution is 5.91. The van der Waals surface area contributed by atoms with Crippen LogP contribution in [-0.4, -0.2) is 50.8 Å². The van der Waals surface area contributed by atoms with Crippen molar-refractivity contribution in [3.8, 4) is 5.75 Å². The molecule has 1 aromatic heterocycles. The van der Waals surface area contributed by atoms with E-state index in [-0.39, 0.29) is 11.9 Å². The first kappa shape index (κ1) is 17.5. The van der Waals surface area contributed by atoms with E-state index in [4.69, 9.17) is 13.9 Å². The van der Waals surface area contributed by atoms with E-state index in [0.717, 1.165) is 30.2 Å². The molecule has 1 N–H and O–H groups in total. The minimum atomic E-state index is -0.195. The highest BCUT2D eigenvalue weighted by Gasteiger charge is 2.24. The monoisotopic (exact) mass is 344 g/mol. The molecule has 0 spiro atoms. The first-order valence-corrected chi connectivity index (χ1v) is 8.48. The molecule has 1 aromatic carbocycles. The van der Waals surface area contributed by atoms with Gasteiger partial charge >= 0.3 is 0 Å². The minimum absolute atomic E-state index is 0.0785. The number of aryl methyl sites for hydroxylation is 1. The van der Waals surface area contributed by atoms with E-state index in [1.165, 1.54) is 0 Å². The molecular formula is C19H24N2O4. The van der Waals surface area contributed by atoms with Gasteiger partial charge in [0.2, 0.25) is 0 Å². The summed E-state index contributed by atoms with van der Waals surface area (Å²) in [7, 11) is 1.65. The van der Waals surface area contributed by atoms with Gasteiger partial charge in [-0.3, -0.25) is 9.69 Å². The molecule has 3 rings (SSSR count). The number of methoxy groups -OCH3 is 1. The van der Waals surface area contributed by atoms with E-state index < -0.39 is 0 Å². The Kier molecular flexibility index (Phi) is 5.73. The number of furan rings is 1. The Hall–Kier alpha value is -2.31. The highest BCUT2D eigenvalue weighted by atomic mass is 16.5. The number of ether oxygens (including phenoxy) is 2. The molecule has 0 radical (unpaired) electrons. The molecule has 1 fully saturated rings. The zero-order valence-corrected chi connectivity index (χ0v) is 14.7. The van der Waals surface area contributed by atoms with E-state index in [1.54, 1.807) is 19.2 Å². The van der Waals surface area contributed by atoms with Crippen LogP contribution in [0.5, 0.6) is 5.75 Å². The standard InChI is InChI=1S/C19H24N2O4/c1-14-3-8-18(25-14)19(22)20-13-17(21-9-11-24-12-10-21)15-4-6-16(23-2)7-5-15/h3-8,17H,9-13H2,1-2H3,(H,20,22)/t17-/m0/s1. The molecule has 6 heteroatoms. The fraction of sp³-hybridized carbons (Fsp3) is 0.421. The molecule has 1 saturated heterocycles. The SMILES string of the molecule is COc1ccc([C@H](CNC(=O)c2ccc(C)o2)N2CCOCC2)cc1. The van der Waals surface area contributed by atoms with Crippen molar-refractivity contribution < 1.29 is 18.7 Å². The van der Waals surface area contributed by atoms with E-state index in [2.05, 4.69) is 10.2 Å². The van der Waals surface area contributed by atoms with Crippen molar-refractivity contribution in [2.24, 2.45) is 0 Å². The first-order valence-electron chi connectivity index (χ1n) is 8.48. The third kappa shape index (κ3) is 4.41. The first-order chi connectivity index (χ1) is 12.2. The Balaban J connectivity index is 1.72. The maximum atomic E-state index is 12.3. The average Bonchev–Trinajstić information content (AvgIpc) is 3.10. The van der Waals surface area contributed by atoms with Crippen molar-refractivity contribution >= 4 is 5.91 Å². The lowest BCUT2D eigenvalue weighted by molar-refractivity contribution is 0.0161. The fourth-order valence-corrected chi connectivity index (χ4v) is 3.01.